The standard InChI is InChI=1S/C14H18N4O2/c1-14(12(19)16-2)6-7-18(8-14)13-17-11-9(15)4-3-5-10(11)20-13/h3-5H,6-8,15H2,1-2H3,(H,16,19). The van der Waals surface area contributed by atoms with Crippen LogP contribution in [0.5, 0.6) is 0 Å². The summed E-state index contributed by atoms with van der Waals surface area (Å²) in [5.41, 5.74) is 7.44. The molecule has 1 unspecified atom stereocenters. The van der Waals surface area contributed by atoms with Crippen molar-refractivity contribution in [3.63, 3.8) is 0 Å². The summed E-state index contributed by atoms with van der Waals surface area (Å²) in [4.78, 5) is 18.4. The van der Waals surface area contributed by atoms with Gasteiger partial charge in [-0.15, -0.1) is 0 Å². The van der Waals surface area contributed by atoms with E-state index in [1.54, 1.807) is 13.1 Å². The zero-order valence-corrected chi connectivity index (χ0v) is 11.6. The number of para-hydroxylation sites is 1. The van der Waals surface area contributed by atoms with E-state index in [9.17, 15) is 4.79 Å². The Labute approximate surface area is 116 Å². The minimum absolute atomic E-state index is 0.0515. The maximum Gasteiger partial charge on any atom is 0.298 e. The summed E-state index contributed by atoms with van der Waals surface area (Å²) in [6, 6.07) is 6.01. The molecule has 2 aromatic rings. The number of carbonyl (C=O) groups excluding carboxylic acids is 1. The number of aromatic nitrogens is 1. The average Bonchev–Trinajstić information content (AvgIpc) is 3.03. The van der Waals surface area contributed by atoms with Crippen LogP contribution in [-0.4, -0.2) is 31.0 Å². The first-order valence-corrected chi connectivity index (χ1v) is 6.66. The number of nitrogens with two attached hydrogens (primary N) is 1. The van der Waals surface area contributed by atoms with Crippen molar-refractivity contribution in [1.29, 1.82) is 0 Å². The van der Waals surface area contributed by atoms with Crippen molar-refractivity contribution in [2.24, 2.45) is 5.41 Å². The van der Waals surface area contributed by atoms with Crippen molar-refractivity contribution in [1.82, 2.24) is 10.3 Å². The van der Waals surface area contributed by atoms with Crippen molar-refractivity contribution in [2.45, 2.75) is 13.3 Å². The Balaban J connectivity index is 1.90. The fourth-order valence-electron chi connectivity index (χ4n) is 2.70. The summed E-state index contributed by atoms with van der Waals surface area (Å²) in [5, 5.41) is 2.72. The number of nitrogen functional groups attached to an aromatic ring is 1. The summed E-state index contributed by atoms with van der Waals surface area (Å²) >= 11 is 0. The molecule has 1 saturated heterocycles. The number of amides is 1. The average molecular weight is 274 g/mol. The Morgan fingerprint density at radius 3 is 3.05 bits per heavy atom. The lowest BCUT2D eigenvalue weighted by atomic mass is 9.89. The van der Waals surface area contributed by atoms with E-state index in [-0.39, 0.29) is 5.91 Å². The van der Waals surface area contributed by atoms with Gasteiger partial charge in [0, 0.05) is 20.1 Å². The molecule has 3 N–H and O–H groups in total. The fraction of sp³-hybridized carbons (Fsp3) is 0.429. The van der Waals surface area contributed by atoms with Crippen LogP contribution in [0, 0.1) is 5.41 Å². The predicted octanol–water partition coefficient (Wildman–Crippen LogP) is 1.37. The molecule has 3 rings (SSSR count). The largest absolute Gasteiger partial charge is 0.423 e. The van der Waals surface area contributed by atoms with Gasteiger partial charge in [-0.05, 0) is 25.5 Å². The predicted molar refractivity (Wildman–Crippen MR) is 77.4 cm³/mol. The monoisotopic (exact) mass is 274 g/mol. The SMILES string of the molecule is CNC(=O)C1(C)CCN(c2nc3c(N)cccc3o2)C1. The quantitative estimate of drug-likeness (QED) is 0.808. The Morgan fingerprint density at radius 1 is 1.55 bits per heavy atom. The third-order valence-electron chi connectivity index (χ3n) is 3.96. The Bertz CT molecular complexity index is 666. The third-order valence-corrected chi connectivity index (χ3v) is 3.96. The molecule has 0 saturated carbocycles. The number of benzene rings is 1. The summed E-state index contributed by atoms with van der Waals surface area (Å²) < 4.78 is 5.74. The second-order valence-electron chi connectivity index (χ2n) is 5.50. The molecular formula is C14H18N4O2. The van der Waals surface area contributed by atoms with Gasteiger partial charge in [-0.2, -0.15) is 4.98 Å². The number of oxazole rings is 1. The molecule has 1 aliphatic heterocycles. The van der Waals surface area contributed by atoms with E-state index in [1.165, 1.54) is 0 Å². The maximum atomic E-state index is 11.9. The fourth-order valence-corrected chi connectivity index (χ4v) is 2.70. The maximum absolute atomic E-state index is 11.9. The number of anilines is 2. The number of hydrogen-bond acceptors (Lipinski definition) is 5. The highest BCUT2D eigenvalue weighted by atomic mass is 16.4. The van der Waals surface area contributed by atoms with Crippen molar-refractivity contribution in [3.8, 4) is 0 Å². The third kappa shape index (κ3) is 1.88. The minimum atomic E-state index is -0.402. The molecular weight excluding hydrogens is 256 g/mol. The lowest BCUT2D eigenvalue weighted by Crippen LogP contribution is -2.39. The highest BCUT2D eigenvalue weighted by Crippen LogP contribution is 2.35. The first kappa shape index (κ1) is 12.8. The number of hydrogen-bond donors (Lipinski definition) is 2. The van der Waals surface area contributed by atoms with Crippen LogP contribution in [-0.2, 0) is 4.79 Å². The van der Waals surface area contributed by atoms with Crippen LogP contribution in [0.4, 0.5) is 11.7 Å². The van der Waals surface area contributed by atoms with E-state index in [4.69, 9.17) is 10.2 Å². The molecule has 1 aromatic heterocycles. The molecule has 2 heterocycles. The van der Waals surface area contributed by atoms with E-state index in [2.05, 4.69) is 10.3 Å². The first-order chi connectivity index (χ1) is 9.53. The zero-order valence-electron chi connectivity index (χ0n) is 11.6. The summed E-state index contributed by atoms with van der Waals surface area (Å²) in [6.07, 6.45) is 0.779. The van der Waals surface area contributed by atoms with Gasteiger partial charge in [-0.1, -0.05) is 6.07 Å². The van der Waals surface area contributed by atoms with Crippen LogP contribution < -0.4 is 16.0 Å². The molecule has 0 spiro atoms. The van der Waals surface area contributed by atoms with Gasteiger partial charge >= 0.3 is 0 Å². The molecule has 6 nitrogen and oxygen atoms in total. The number of rotatable bonds is 2. The normalized spacial score (nSPS) is 22.4. The van der Waals surface area contributed by atoms with Crippen molar-refractivity contribution < 1.29 is 9.21 Å². The van der Waals surface area contributed by atoms with Gasteiger partial charge in [0.15, 0.2) is 5.58 Å². The lowest BCUT2D eigenvalue weighted by Gasteiger charge is -2.21. The lowest BCUT2D eigenvalue weighted by molar-refractivity contribution is -0.128. The number of fused-ring (bicyclic) bond motifs is 1. The van der Waals surface area contributed by atoms with E-state index >= 15 is 0 Å². The topological polar surface area (TPSA) is 84.4 Å². The van der Waals surface area contributed by atoms with E-state index < -0.39 is 5.41 Å². The molecule has 1 aromatic carbocycles. The Morgan fingerprint density at radius 2 is 2.35 bits per heavy atom. The van der Waals surface area contributed by atoms with E-state index in [0.717, 1.165) is 13.0 Å². The number of carbonyl (C=O) groups is 1. The van der Waals surface area contributed by atoms with Crippen LogP contribution in [0.1, 0.15) is 13.3 Å². The van der Waals surface area contributed by atoms with Crippen molar-refractivity contribution >= 4 is 28.7 Å². The summed E-state index contributed by atoms with van der Waals surface area (Å²) in [5.74, 6) is 0.0515. The van der Waals surface area contributed by atoms with E-state index in [0.29, 0.717) is 29.3 Å². The molecule has 1 amide bonds. The van der Waals surface area contributed by atoms with Crippen LogP contribution in [0.25, 0.3) is 11.1 Å². The highest BCUT2D eigenvalue weighted by molar-refractivity contribution is 5.87. The molecule has 1 aliphatic rings. The summed E-state index contributed by atoms with van der Waals surface area (Å²) in [7, 11) is 1.66. The molecule has 0 bridgehead atoms. The molecule has 0 aliphatic carbocycles. The van der Waals surface area contributed by atoms with Gasteiger partial charge in [-0.25, -0.2) is 0 Å². The number of nitrogens with zero attached hydrogens (tertiary/aromatic N) is 2. The van der Waals surface area contributed by atoms with Crippen LogP contribution in [0.2, 0.25) is 0 Å². The molecule has 1 atom stereocenters. The summed E-state index contributed by atoms with van der Waals surface area (Å²) in [6.45, 7) is 3.30. The minimum Gasteiger partial charge on any atom is -0.423 e. The van der Waals surface area contributed by atoms with Gasteiger partial charge in [0.2, 0.25) is 5.91 Å². The Kier molecular flexibility index (Phi) is 2.81. The smallest absolute Gasteiger partial charge is 0.298 e. The highest BCUT2D eigenvalue weighted by Gasteiger charge is 2.41. The van der Waals surface area contributed by atoms with Gasteiger partial charge in [0.1, 0.15) is 5.52 Å². The number of nitrogens with one attached hydrogen (secondary N) is 1. The first-order valence-electron chi connectivity index (χ1n) is 6.66. The zero-order chi connectivity index (χ0) is 14.3. The molecule has 6 heteroatoms. The molecule has 20 heavy (non-hydrogen) atoms. The van der Waals surface area contributed by atoms with Crippen LogP contribution in [0.3, 0.4) is 0 Å². The van der Waals surface area contributed by atoms with Crippen molar-refractivity contribution in [3.05, 3.63) is 18.2 Å². The van der Waals surface area contributed by atoms with E-state index in [1.807, 2.05) is 24.0 Å². The van der Waals surface area contributed by atoms with Gasteiger partial charge in [0.05, 0.1) is 11.1 Å². The van der Waals surface area contributed by atoms with Gasteiger partial charge in [0.25, 0.3) is 6.01 Å². The second-order valence-corrected chi connectivity index (χ2v) is 5.50. The Hall–Kier alpha value is -2.24. The second kappa shape index (κ2) is 4.40. The van der Waals surface area contributed by atoms with Gasteiger partial charge in [-0.3, -0.25) is 4.79 Å². The molecule has 1 fully saturated rings. The molecule has 0 radical (unpaired) electrons. The van der Waals surface area contributed by atoms with Crippen molar-refractivity contribution in [2.75, 3.05) is 30.8 Å². The van der Waals surface area contributed by atoms with Crippen LogP contribution in [0.15, 0.2) is 22.6 Å². The van der Waals surface area contributed by atoms with Crippen LogP contribution >= 0.6 is 0 Å². The molecule has 106 valence electrons. The van der Waals surface area contributed by atoms with Gasteiger partial charge < -0.3 is 20.4 Å².